The van der Waals surface area contributed by atoms with E-state index in [-0.39, 0.29) is 0 Å². The Hall–Kier alpha value is -1.37. The first-order valence-electron chi connectivity index (χ1n) is 7.64. The van der Waals surface area contributed by atoms with E-state index in [1.807, 2.05) is 0 Å². The highest BCUT2D eigenvalue weighted by molar-refractivity contribution is 5.85. The summed E-state index contributed by atoms with van der Waals surface area (Å²) in [5.41, 5.74) is 5.29. The maximum Gasteiger partial charge on any atom is 0.0739 e. The number of rotatable bonds is 6. The van der Waals surface area contributed by atoms with E-state index in [4.69, 9.17) is 4.98 Å². The van der Waals surface area contributed by atoms with Crippen LogP contribution in [-0.4, -0.2) is 4.98 Å². The fraction of sp³-hybridized carbons (Fsp3) is 0.500. The van der Waals surface area contributed by atoms with E-state index in [2.05, 4.69) is 45.0 Å². The molecule has 0 saturated carbocycles. The molecule has 0 N–H and O–H groups in total. The topological polar surface area (TPSA) is 12.9 Å². The van der Waals surface area contributed by atoms with Gasteiger partial charge in [0.25, 0.3) is 0 Å². The molecule has 0 radical (unpaired) electrons. The molecule has 0 aliphatic heterocycles. The van der Waals surface area contributed by atoms with Gasteiger partial charge in [0.05, 0.1) is 5.52 Å². The number of benzene rings is 1. The number of hydrogen-bond donors (Lipinski definition) is 0. The molecule has 0 unspecified atom stereocenters. The summed E-state index contributed by atoms with van der Waals surface area (Å²) in [7, 11) is 0. The molecule has 0 aliphatic rings. The van der Waals surface area contributed by atoms with Crippen LogP contribution in [0.1, 0.15) is 56.4 Å². The van der Waals surface area contributed by atoms with Gasteiger partial charge in [-0.15, -0.1) is 0 Å². The van der Waals surface area contributed by atoms with Crippen molar-refractivity contribution in [1.82, 2.24) is 4.98 Å². The van der Waals surface area contributed by atoms with Crippen molar-refractivity contribution in [1.29, 1.82) is 0 Å². The summed E-state index contributed by atoms with van der Waals surface area (Å²) >= 11 is 0. The number of fused-ring (bicyclic) bond motifs is 1. The van der Waals surface area contributed by atoms with E-state index < -0.39 is 0 Å². The summed E-state index contributed by atoms with van der Waals surface area (Å²) in [5, 5.41) is 1.33. The predicted octanol–water partition coefficient (Wildman–Crippen LogP) is 5.23. The first-order chi connectivity index (χ1) is 9.26. The molecule has 0 saturated heterocycles. The molecule has 0 bridgehead atoms. The normalized spacial score (nSPS) is 11.1. The second-order valence-electron chi connectivity index (χ2n) is 5.45. The zero-order chi connectivity index (χ0) is 13.7. The Balaban J connectivity index is 2.43. The molecule has 0 aliphatic carbocycles. The molecule has 2 rings (SSSR count). The number of para-hydroxylation sites is 1. The van der Waals surface area contributed by atoms with Crippen molar-refractivity contribution >= 4 is 10.9 Å². The number of aromatic nitrogens is 1. The predicted molar refractivity (Wildman–Crippen MR) is 83.7 cm³/mol. The first kappa shape index (κ1) is 14.0. The van der Waals surface area contributed by atoms with Gasteiger partial charge in [0.1, 0.15) is 0 Å². The monoisotopic (exact) mass is 255 g/mol. The van der Waals surface area contributed by atoms with Crippen LogP contribution in [0.4, 0.5) is 0 Å². The minimum atomic E-state index is 1.11. The molecule has 1 heterocycles. The lowest BCUT2D eigenvalue weighted by atomic mass is 10.0. The van der Waals surface area contributed by atoms with Crippen molar-refractivity contribution in [2.24, 2.45) is 0 Å². The van der Waals surface area contributed by atoms with Gasteiger partial charge in [0.15, 0.2) is 0 Å². The summed E-state index contributed by atoms with van der Waals surface area (Å²) in [6, 6.07) is 8.89. The van der Waals surface area contributed by atoms with E-state index in [0.717, 1.165) is 12.8 Å². The molecule has 0 amide bonds. The van der Waals surface area contributed by atoms with Crippen LogP contribution >= 0.6 is 0 Å². The second-order valence-corrected chi connectivity index (χ2v) is 5.45. The second kappa shape index (κ2) is 6.70. The molecule has 2 aromatic rings. The van der Waals surface area contributed by atoms with Crippen molar-refractivity contribution in [2.45, 2.75) is 59.3 Å². The molecule has 1 nitrogen and oxygen atoms in total. The van der Waals surface area contributed by atoms with Crippen LogP contribution in [0.3, 0.4) is 0 Å². The van der Waals surface area contributed by atoms with Gasteiger partial charge in [-0.3, -0.25) is 4.98 Å². The maximum absolute atomic E-state index is 4.93. The van der Waals surface area contributed by atoms with Crippen molar-refractivity contribution in [3.05, 3.63) is 41.1 Å². The average molecular weight is 255 g/mol. The molecule has 0 spiro atoms. The minimum Gasteiger partial charge on any atom is -0.253 e. The van der Waals surface area contributed by atoms with Crippen LogP contribution in [0.15, 0.2) is 24.3 Å². The highest BCUT2D eigenvalue weighted by atomic mass is 14.7. The van der Waals surface area contributed by atoms with Gasteiger partial charge in [-0.05, 0) is 49.8 Å². The Morgan fingerprint density at radius 2 is 1.74 bits per heavy atom. The molecule has 19 heavy (non-hydrogen) atoms. The third-order valence-corrected chi connectivity index (χ3v) is 3.77. The minimum absolute atomic E-state index is 1.11. The Kier molecular flexibility index (Phi) is 4.95. The van der Waals surface area contributed by atoms with Crippen LogP contribution in [0, 0.1) is 6.92 Å². The molecule has 1 aromatic heterocycles. The van der Waals surface area contributed by atoms with Crippen molar-refractivity contribution in [3.63, 3.8) is 0 Å². The molecule has 1 heteroatoms. The summed E-state index contributed by atoms with van der Waals surface area (Å²) in [5.74, 6) is 0. The molecular formula is C18H25N. The van der Waals surface area contributed by atoms with E-state index >= 15 is 0 Å². The van der Waals surface area contributed by atoms with Crippen molar-refractivity contribution < 1.29 is 0 Å². The summed E-state index contributed by atoms with van der Waals surface area (Å²) in [6.45, 7) is 6.69. The lowest BCUT2D eigenvalue weighted by molar-refractivity contribution is 0.776. The fourth-order valence-corrected chi connectivity index (χ4v) is 2.60. The van der Waals surface area contributed by atoms with Gasteiger partial charge < -0.3 is 0 Å². The highest BCUT2D eigenvalue weighted by Gasteiger charge is 2.06. The largest absolute Gasteiger partial charge is 0.253 e. The molecule has 0 atom stereocenters. The average Bonchev–Trinajstić information content (AvgIpc) is 2.43. The standard InChI is InChI=1S/C18H25N/c1-4-6-9-15-10-8-12-17-14(3)13-16(11-7-5-2)19-18(15)17/h8,10,12-13H,4-7,9,11H2,1-3H3. The Morgan fingerprint density at radius 3 is 2.47 bits per heavy atom. The van der Waals surface area contributed by atoms with Gasteiger partial charge in [-0.25, -0.2) is 0 Å². The van der Waals surface area contributed by atoms with Gasteiger partial charge in [0.2, 0.25) is 0 Å². The zero-order valence-corrected chi connectivity index (χ0v) is 12.5. The van der Waals surface area contributed by atoms with Crippen LogP contribution in [0.5, 0.6) is 0 Å². The molecule has 1 aromatic carbocycles. The number of hydrogen-bond acceptors (Lipinski definition) is 1. The lowest BCUT2D eigenvalue weighted by Crippen LogP contribution is -1.97. The summed E-state index contributed by atoms with van der Waals surface area (Å²) in [6.07, 6.45) is 7.21. The highest BCUT2D eigenvalue weighted by Crippen LogP contribution is 2.23. The summed E-state index contributed by atoms with van der Waals surface area (Å²) < 4.78 is 0. The van der Waals surface area contributed by atoms with Gasteiger partial charge in [-0.1, -0.05) is 44.9 Å². The van der Waals surface area contributed by atoms with Crippen LogP contribution in [0.25, 0.3) is 10.9 Å². The van der Waals surface area contributed by atoms with Gasteiger partial charge in [0, 0.05) is 11.1 Å². The number of unbranched alkanes of at least 4 members (excludes halogenated alkanes) is 2. The number of nitrogens with zero attached hydrogens (tertiary/aromatic N) is 1. The molecule has 102 valence electrons. The Labute approximate surface area is 117 Å². The Bertz CT molecular complexity index is 543. The van der Waals surface area contributed by atoms with Gasteiger partial charge >= 0.3 is 0 Å². The van der Waals surface area contributed by atoms with E-state index in [0.29, 0.717) is 0 Å². The van der Waals surface area contributed by atoms with E-state index in [1.54, 1.807) is 0 Å². The lowest BCUT2D eigenvalue weighted by Gasteiger charge is -2.10. The third-order valence-electron chi connectivity index (χ3n) is 3.77. The van der Waals surface area contributed by atoms with Crippen molar-refractivity contribution in [2.75, 3.05) is 0 Å². The quantitative estimate of drug-likeness (QED) is 0.689. The van der Waals surface area contributed by atoms with E-state index in [9.17, 15) is 0 Å². The van der Waals surface area contributed by atoms with Crippen LogP contribution in [0.2, 0.25) is 0 Å². The van der Waals surface area contributed by atoms with Crippen LogP contribution in [-0.2, 0) is 12.8 Å². The third kappa shape index (κ3) is 3.34. The smallest absolute Gasteiger partial charge is 0.0739 e. The first-order valence-corrected chi connectivity index (χ1v) is 7.64. The maximum atomic E-state index is 4.93. The molecular weight excluding hydrogens is 230 g/mol. The number of aryl methyl sites for hydroxylation is 3. The zero-order valence-electron chi connectivity index (χ0n) is 12.5. The SMILES string of the molecule is CCCCc1cc(C)c2cccc(CCCC)c2n1. The Morgan fingerprint density at radius 1 is 1.00 bits per heavy atom. The van der Waals surface area contributed by atoms with Crippen LogP contribution < -0.4 is 0 Å². The fourth-order valence-electron chi connectivity index (χ4n) is 2.60. The van der Waals surface area contributed by atoms with Gasteiger partial charge in [-0.2, -0.15) is 0 Å². The number of pyridine rings is 1. The molecule has 0 fully saturated rings. The van der Waals surface area contributed by atoms with Crippen molar-refractivity contribution in [3.8, 4) is 0 Å². The summed E-state index contributed by atoms with van der Waals surface area (Å²) in [4.78, 5) is 4.93. The van der Waals surface area contributed by atoms with E-state index in [1.165, 1.54) is 53.4 Å².